The summed E-state index contributed by atoms with van der Waals surface area (Å²) in [6.07, 6.45) is 1.71. The van der Waals surface area contributed by atoms with Crippen molar-refractivity contribution in [3.8, 4) is 0 Å². The van der Waals surface area contributed by atoms with E-state index in [9.17, 15) is 8.78 Å². The van der Waals surface area contributed by atoms with Gasteiger partial charge < -0.3 is 0 Å². The number of rotatable bonds is 1. The SMILES string of the molecule is CSc1cc(F)c(I)cc1F. The summed E-state index contributed by atoms with van der Waals surface area (Å²) in [7, 11) is 0. The smallest absolute Gasteiger partial charge is 0.138 e. The minimum absolute atomic E-state index is 0.318. The summed E-state index contributed by atoms with van der Waals surface area (Å²) < 4.78 is 25.9. The summed E-state index contributed by atoms with van der Waals surface area (Å²) in [6, 6.07) is 2.41. The van der Waals surface area contributed by atoms with Crippen molar-refractivity contribution >= 4 is 34.4 Å². The Labute approximate surface area is 81.5 Å². The summed E-state index contributed by atoms with van der Waals surface area (Å²) in [5.41, 5.74) is 0. The number of halogens is 3. The van der Waals surface area contributed by atoms with E-state index in [4.69, 9.17) is 0 Å². The van der Waals surface area contributed by atoms with E-state index in [1.165, 1.54) is 23.9 Å². The van der Waals surface area contributed by atoms with Gasteiger partial charge in [0.2, 0.25) is 0 Å². The highest BCUT2D eigenvalue weighted by Crippen LogP contribution is 2.23. The van der Waals surface area contributed by atoms with Crippen LogP contribution in [0.25, 0.3) is 0 Å². The molecule has 0 saturated heterocycles. The molecule has 1 aromatic carbocycles. The molecule has 0 bridgehead atoms. The van der Waals surface area contributed by atoms with Gasteiger partial charge in [0, 0.05) is 4.90 Å². The van der Waals surface area contributed by atoms with Crippen LogP contribution >= 0.6 is 34.4 Å². The van der Waals surface area contributed by atoms with Gasteiger partial charge in [0.05, 0.1) is 3.57 Å². The zero-order valence-corrected chi connectivity index (χ0v) is 8.67. The van der Waals surface area contributed by atoms with Crippen molar-refractivity contribution in [2.45, 2.75) is 4.90 Å². The third-order valence-corrected chi connectivity index (χ3v) is 2.77. The van der Waals surface area contributed by atoms with Crippen LogP contribution in [0.2, 0.25) is 0 Å². The zero-order chi connectivity index (χ0) is 8.43. The molecule has 0 atom stereocenters. The Bertz CT molecular complexity index is 275. The van der Waals surface area contributed by atoms with E-state index in [0.29, 0.717) is 8.47 Å². The largest absolute Gasteiger partial charge is 0.206 e. The second-order valence-corrected chi connectivity index (χ2v) is 3.91. The molecule has 0 nitrogen and oxygen atoms in total. The number of benzene rings is 1. The van der Waals surface area contributed by atoms with Crippen molar-refractivity contribution in [2.24, 2.45) is 0 Å². The summed E-state index contributed by atoms with van der Waals surface area (Å²) in [4.78, 5) is 0.350. The molecule has 0 spiro atoms. The molecule has 1 rings (SSSR count). The standard InChI is InChI=1S/C7H5F2IS/c1-11-7-3-4(8)6(10)2-5(7)9/h2-3H,1H3. The lowest BCUT2D eigenvalue weighted by atomic mass is 10.3. The Balaban J connectivity index is 3.21. The monoisotopic (exact) mass is 286 g/mol. The maximum atomic E-state index is 12.8. The Morgan fingerprint density at radius 2 is 1.91 bits per heavy atom. The van der Waals surface area contributed by atoms with E-state index >= 15 is 0 Å². The average Bonchev–Trinajstić information content (AvgIpc) is 1.97. The van der Waals surface area contributed by atoms with Crippen LogP contribution in [0.4, 0.5) is 8.78 Å². The van der Waals surface area contributed by atoms with Gasteiger partial charge in [-0.1, -0.05) is 0 Å². The van der Waals surface area contributed by atoms with Crippen LogP contribution in [-0.2, 0) is 0 Å². The fourth-order valence-corrected chi connectivity index (χ4v) is 1.57. The molecule has 0 N–H and O–H groups in total. The zero-order valence-electron chi connectivity index (χ0n) is 5.70. The third-order valence-electron chi connectivity index (χ3n) is 1.19. The van der Waals surface area contributed by atoms with Crippen molar-refractivity contribution in [3.63, 3.8) is 0 Å². The first-order valence-corrected chi connectivity index (χ1v) is 5.14. The number of thioether (sulfide) groups is 1. The van der Waals surface area contributed by atoms with E-state index in [2.05, 4.69) is 0 Å². The molecule has 0 aliphatic heterocycles. The molecule has 11 heavy (non-hydrogen) atoms. The van der Waals surface area contributed by atoms with Gasteiger partial charge in [-0.05, 0) is 41.0 Å². The van der Waals surface area contributed by atoms with Crippen LogP contribution in [0.5, 0.6) is 0 Å². The van der Waals surface area contributed by atoms with Crippen molar-refractivity contribution in [1.82, 2.24) is 0 Å². The molecule has 0 fully saturated rings. The molecule has 0 unspecified atom stereocenters. The van der Waals surface area contributed by atoms with E-state index < -0.39 is 0 Å². The first-order valence-electron chi connectivity index (χ1n) is 2.83. The van der Waals surface area contributed by atoms with Crippen LogP contribution in [0, 0.1) is 15.2 Å². The van der Waals surface area contributed by atoms with E-state index in [1.807, 2.05) is 0 Å². The van der Waals surface area contributed by atoms with Crippen molar-refractivity contribution in [1.29, 1.82) is 0 Å². The van der Waals surface area contributed by atoms with Crippen LogP contribution < -0.4 is 0 Å². The van der Waals surface area contributed by atoms with Gasteiger partial charge in [0.25, 0.3) is 0 Å². The fourth-order valence-electron chi connectivity index (χ4n) is 0.661. The van der Waals surface area contributed by atoms with Gasteiger partial charge in [0.1, 0.15) is 11.6 Å². The van der Waals surface area contributed by atoms with Crippen molar-refractivity contribution in [3.05, 3.63) is 27.3 Å². The lowest BCUT2D eigenvalue weighted by Gasteiger charge is -1.99. The highest BCUT2D eigenvalue weighted by atomic mass is 127. The molecular formula is C7H5F2IS. The molecule has 0 amide bonds. The molecule has 0 aliphatic carbocycles. The van der Waals surface area contributed by atoms with E-state index in [0.717, 1.165) is 0 Å². The first kappa shape index (κ1) is 9.25. The topological polar surface area (TPSA) is 0 Å². The number of hydrogen-bond acceptors (Lipinski definition) is 1. The van der Waals surface area contributed by atoms with Crippen LogP contribution in [-0.4, -0.2) is 6.26 Å². The van der Waals surface area contributed by atoms with Gasteiger partial charge in [0.15, 0.2) is 0 Å². The highest BCUT2D eigenvalue weighted by Gasteiger charge is 2.05. The lowest BCUT2D eigenvalue weighted by molar-refractivity contribution is 0.572. The molecular weight excluding hydrogens is 281 g/mol. The summed E-state index contributed by atoms with van der Waals surface area (Å²) in [6.45, 7) is 0. The molecule has 60 valence electrons. The number of hydrogen-bond donors (Lipinski definition) is 0. The van der Waals surface area contributed by atoms with Crippen LogP contribution in [0.15, 0.2) is 17.0 Å². The Hall–Kier alpha value is 0.160. The van der Waals surface area contributed by atoms with Crippen LogP contribution in [0.3, 0.4) is 0 Å². The van der Waals surface area contributed by atoms with Gasteiger partial charge in [-0.25, -0.2) is 8.78 Å². The highest BCUT2D eigenvalue weighted by molar-refractivity contribution is 14.1. The molecule has 1 aromatic rings. The van der Waals surface area contributed by atoms with E-state index in [-0.39, 0.29) is 11.6 Å². The third kappa shape index (κ3) is 2.05. The first-order chi connectivity index (χ1) is 5.15. The molecule has 0 aliphatic rings. The molecule has 4 heteroatoms. The van der Waals surface area contributed by atoms with Gasteiger partial charge in [-0.2, -0.15) is 0 Å². The van der Waals surface area contributed by atoms with Gasteiger partial charge in [-0.15, -0.1) is 11.8 Å². The molecule has 0 radical (unpaired) electrons. The predicted octanol–water partition coefficient (Wildman–Crippen LogP) is 3.29. The molecule has 0 heterocycles. The van der Waals surface area contributed by atoms with Gasteiger partial charge >= 0.3 is 0 Å². The maximum absolute atomic E-state index is 12.8. The average molecular weight is 286 g/mol. The normalized spacial score (nSPS) is 10.2. The van der Waals surface area contributed by atoms with Crippen LogP contribution in [0.1, 0.15) is 0 Å². The van der Waals surface area contributed by atoms with Gasteiger partial charge in [-0.3, -0.25) is 0 Å². The fraction of sp³-hybridized carbons (Fsp3) is 0.143. The van der Waals surface area contributed by atoms with Crippen molar-refractivity contribution < 1.29 is 8.78 Å². The molecule has 0 saturated carbocycles. The second-order valence-electron chi connectivity index (χ2n) is 1.90. The maximum Gasteiger partial charge on any atom is 0.138 e. The molecule has 0 aromatic heterocycles. The summed E-state index contributed by atoms with van der Waals surface area (Å²) in [5, 5.41) is 0. The predicted molar refractivity (Wildman–Crippen MR) is 50.9 cm³/mol. The van der Waals surface area contributed by atoms with Crippen molar-refractivity contribution in [2.75, 3.05) is 6.26 Å². The minimum atomic E-state index is -0.364. The minimum Gasteiger partial charge on any atom is -0.206 e. The second kappa shape index (κ2) is 3.71. The summed E-state index contributed by atoms with van der Waals surface area (Å²) in [5.74, 6) is -0.723. The quantitative estimate of drug-likeness (QED) is 0.433. The lowest BCUT2D eigenvalue weighted by Crippen LogP contribution is -1.87. The Morgan fingerprint density at radius 3 is 2.45 bits per heavy atom. The Kier molecular flexibility index (Phi) is 3.12. The Morgan fingerprint density at radius 1 is 1.27 bits per heavy atom. The summed E-state index contributed by atoms with van der Waals surface area (Å²) >= 11 is 2.96. The van der Waals surface area contributed by atoms with E-state index in [1.54, 1.807) is 28.8 Å².